The third-order valence-corrected chi connectivity index (χ3v) is 2.59. The molecule has 1 rings (SSSR count). The molecule has 0 amide bonds. The highest BCUT2D eigenvalue weighted by molar-refractivity contribution is 9.10. The highest BCUT2D eigenvalue weighted by atomic mass is 79.9. The standard InChI is InChI=1S/C10H9BrClN/c1-7-4-9(11)3-2-8(7)5-10(12)6-13/h2-4,10H,5H2,1H3/t10-/m1/s1. The summed E-state index contributed by atoms with van der Waals surface area (Å²) in [7, 11) is 0. The summed E-state index contributed by atoms with van der Waals surface area (Å²) in [5, 5.41) is 8.12. The molecule has 1 atom stereocenters. The number of nitrogens with zero attached hydrogens (tertiary/aromatic N) is 1. The van der Waals surface area contributed by atoms with Crippen molar-refractivity contribution in [3.8, 4) is 6.07 Å². The van der Waals surface area contributed by atoms with Crippen molar-refractivity contribution >= 4 is 27.5 Å². The highest BCUT2D eigenvalue weighted by Crippen LogP contribution is 2.18. The van der Waals surface area contributed by atoms with Gasteiger partial charge in [0, 0.05) is 10.9 Å². The maximum absolute atomic E-state index is 8.55. The molecule has 1 nitrogen and oxygen atoms in total. The second-order valence-corrected chi connectivity index (χ2v) is 4.31. The van der Waals surface area contributed by atoms with Crippen LogP contribution in [-0.4, -0.2) is 5.38 Å². The van der Waals surface area contributed by atoms with Gasteiger partial charge in [0.05, 0.1) is 6.07 Å². The smallest absolute Gasteiger partial charge is 0.124 e. The van der Waals surface area contributed by atoms with E-state index in [2.05, 4.69) is 15.9 Å². The number of halogens is 2. The molecule has 0 N–H and O–H groups in total. The van der Waals surface area contributed by atoms with E-state index in [-0.39, 0.29) is 0 Å². The summed E-state index contributed by atoms with van der Waals surface area (Å²) < 4.78 is 1.05. The van der Waals surface area contributed by atoms with Crippen LogP contribution in [0.1, 0.15) is 11.1 Å². The fourth-order valence-electron chi connectivity index (χ4n) is 1.13. The molecule has 0 saturated carbocycles. The van der Waals surface area contributed by atoms with E-state index >= 15 is 0 Å². The van der Waals surface area contributed by atoms with E-state index in [9.17, 15) is 0 Å². The van der Waals surface area contributed by atoms with Gasteiger partial charge in [-0.2, -0.15) is 5.26 Å². The molecule has 0 fully saturated rings. The van der Waals surface area contributed by atoms with Crippen molar-refractivity contribution < 1.29 is 0 Å². The lowest BCUT2D eigenvalue weighted by molar-refractivity contribution is 1.00. The number of alkyl halides is 1. The molecule has 0 aliphatic rings. The van der Waals surface area contributed by atoms with Gasteiger partial charge in [-0.1, -0.05) is 22.0 Å². The third-order valence-electron chi connectivity index (χ3n) is 1.84. The molecule has 0 unspecified atom stereocenters. The van der Waals surface area contributed by atoms with Crippen molar-refractivity contribution in [1.82, 2.24) is 0 Å². The first-order chi connectivity index (χ1) is 6.13. The molecule has 68 valence electrons. The highest BCUT2D eigenvalue weighted by Gasteiger charge is 2.06. The predicted octanol–water partition coefficient (Wildman–Crippen LogP) is 3.43. The molecule has 0 heterocycles. The zero-order chi connectivity index (χ0) is 9.84. The first-order valence-corrected chi connectivity index (χ1v) is 5.15. The van der Waals surface area contributed by atoms with Crippen LogP contribution >= 0.6 is 27.5 Å². The molecular formula is C10H9BrClN. The first kappa shape index (κ1) is 10.6. The minimum Gasteiger partial charge on any atom is -0.197 e. The van der Waals surface area contributed by atoms with E-state index in [1.807, 2.05) is 31.2 Å². The maximum atomic E-state index is 8.55. The SMILES string of the molecule is Cc1cc(Br)ccc1C[C@@H](Cl)C#N. The van der Waals surface area contributed by atoms with Gasteiger partial charge in [-0.15, -0.1) is 11.6 Å². The Labute approximate surface area is 91.5 Å². The summed E-state index contributed by atoms with van der Waals surface area (Å²) >= 11 is 9.12. The molecule has 0 aliphatic carbocycles. The fraction of sp³-hybridized carbons (Fsp3) is 0.300. The number of benzene rings is 1. The van der Waals surface area contributed by atoms with E-state index in [0.717, 1.165) is 15.6 Å². The number of rotatable bonds is 2. The van der Waals surface area contributed by atoms with Crippen LogP contribution in [0.15, 0.2) is 22.7 Å². The molecule has 3 heteroatoms. The lowest BCUT2D eigenvalue weighted by Crippen LogP contribution is -2.01. The van der Waals surface area contributed by atoms with Crippen molar-refractivity contribution in [3.63, 3.8) is 0 Å². The molecule has 0 aliphatic heterocycles. The van der Waals surface area contributed by atoms with Gasteiger partial charge in [-0.3, -0.25) is 0 Å². The molecule has 0 bridgehead atoms. The molecule has 0 spiro atoms. The monoisotopic (exact) mass is 257 g/mol. The van der Waals surface area contributed by atoms with Crippen molar-refractivity contribution in [3.05, 3.63) is 33.8 Å². The Morgan fingerprint density at radius 2 is 2.31 bits per heavy atom. The number of hydrogen-bond donors (Lipinski definition) is 0. The average Bonchev–Trinajstić information content (AvgIpc) is 2.09. The topological polar surface area (TPSA) is 23.8 Å². The van der Waals surface area contributed by atoms with E-state index in [4.69, 9.17) is 16.9 Å². The van der Waals surface area contributed by atoms with Crippen molar-refractivity contribution in [2.45, 2.75) is 18.7 Å². The summed E-state index contributed by atoms with van der Waals surface area (Å²) in [6, 6.07) is 7.99. The predicted molar refractivity (Wildman–Crippen MR) is 57.8 cm³/mol. The van der Waals surface area contributed by atoms with Crippen LogP contribution in [0.2, 0.25) is 0 Å². The van der Waals surface area contributed by atoms with E-state index < -0.39 is 5.38 Å². The molecule has 0 saturated heterocycles. The number of nitriles is 1. The summed E-state index contributed by atoms with van der Waals surface area (Å²) in [4.78, 5) is 0. The Morgan fingerprint density at radius 3 is 2.85 bits per heavy atom. The molecule has 13 heavy (non-hydrogen) atoms. The molecule has 0 radical (unpaired) electrons. The second kappa shape index (κ2) is 4.64. The Kier molecular flexibility index (Phi) is 3.77. The summed E-state index contributed by atoms with van der Waals surface area (Å²) in [6.45, 7) is 2.01. The van der Waals surface area contributed by atoms with Gasteiger partial charge in [-0.05, 0) is 30.2 Å². The van der Waals surface area contributed by atoms with Crippen molar-refractivity contribution in [2.24, 2.45) is 0 Å². The van der Waals surface area contributed by atoms with Crippen LogP contribution in [0.25, 0.3) is 0 Å². The Bertz CT molecular complexity index is 343. The fourth-order valence-corrected chi connectivity index (χ4v) is 1.77. The van der Waals surface area contributed by atoms with Crippen LogP contribution in [0.4, 0.5) is 0 Å². The van der Waals surface area contributed by atoms with E-state index in [1.54, 1.807) is 0 Å². The van der Waals surface area contributed by atoms with E-state index in [1.165, 1.54) is 0 Å². The Morgan fingerprint density at radius 1 is 1.62 bits per heavy atom. The largest absolute Gasteiger partial charge is 0.197 e. The van der Waals surface area contributed by atoms with Crippen LogP contribution in [0, 0.1) is 18.3 Å². The summed E-state index contributed by atoms with van der Waals surface area (Å²) in [5.74, 6) is 0. The van der Waals surface area contributed by atoms with Crippen LogP contribution in [0.5, 0.6) is 0 Å². The van der Waals surface area contributed by atoms with Crippen LogP contribution < -0.4 is 0 Å². The zero-order valence-electron chi connectivity index (χ0n) is 7.22. The van der Waals surface area contributed by atoms with Gasteiger partial charge >= 0.3 is 0 Å². The lowest BCUT2D eigenvalue weighted by atomic mass is 10.0. The maximum Gasteiger partial charge on any atom is 0.124 e. The van der Waals surface area contributed by atoms with Crippen LogP contribution in [0.3, 0.4) is 0 Å². The first-order valence-electron chi connectivity index (χ1n) is 3.92. The minimum atomic E-state index is -0.431. The van der Waals surface area contributed by atoms with Crippen LogP contribution in [-0.2, 0) is 6.42 Å². The molecular weight excluding hydrogens is 249 g/mol. The molecule has 0 aromatic heterocycles. The number of aryl methyl sites for hydroxylation is 1. The second-order valence-electron chi connectivity index (χ2n) is 2.87. The van der Waals surface area contributed by atoms with Gasteiger partial charge in [0.2, 0.25) is 0 Å². The minimum absolute atomic E-state index is 0.431. The summed E-state index contributed by atoms with van der Waals surface area (Å²) in [6.07, 6.45) is 0.608. The molecule has 1 aromatic carbocycles. The Hall–Kier alpha value is -0.520. The Balaban J connectivity index is 2.85. The van der Waals surface area contributed by atoms with Gasteiger partial charge in [0.1, 0.15) is 5.38 Å². The van der Waals surface area contributed by atoms with Gasteiger partial charge in [0.15, 0.2) is 0 Å². The van der Waals surface area contributed by atoms with Gasteiger partial charge in [-0.25, -0.2) is 0 Å². The van der Waals surface area contributed by atoms with Crippen molar-refractivity contribution in [2.75, 3.05) is 0 Å². The normalized spacial score (nSPS) is 12.2. The lowest BCUT2D eigenvalue weighted by Gasteiger charge is -2.05. The third kappa shape index (κ3) is 3.02. The quantitative estimate of drug-likeness (QED) is 0.746. The van der Waals surface area contributed by atoms with Crippen molar-refractivity contribution in [1.29, 1.82) is 5.26 Å². The van der Waals surface area contributed by atoms with E-state index in [0.29, 0.717) is 6.42 Å². The van der Waals surface area contributed by atoms with Gasteiger partial charge in [0.25, 0.3) is 0 Å². The number of hydrogen-bond acceptors (Lipinski definition) is 1. The average molecular weight is 259 g/mol. The molecule has 1 aromatic rings. The van der Waals surface area contributed by atoms with Gasteiger partial charge < -0.3 is 0 Å². The summed E-state index contributed by atoms with van der Waals surface area (Å²) in [5.41, 5.74) is 2.29. The zero-order valence-corrected chi connectivity index (χ0v) is 9.56.